The second-order valence-electron chi connectivity index (χ2n) is 7.12. The van der Waals surface area contributed by atoms with Crippen molar-refractivity contribution in [3.8, 4) is 11.3 Å². The molecule has 0 radical (unpaired) electrons. The Balaban J connectivity index is 1.67. The molecular formula is C25H20Cl2N2O. The quantitative estimate of drug-likeness (QED) is 0.389. The molecule has 0 fully saturated rings. The lowest BCUT2D eigenvalue weighted by atomic mass is 9.97. The number of benzene rings is 3. The Morgan fingerprint density at radius 1 is 0.933 bits per heavy atom. The van der Waals surface area contributed by atoms with E-state index in [-0.39, 0.29) is 5.91 Å². The summed E-state index contributed by atoms with van der Waals surface area (Å²) < 4.78 is 0. The Hall–Kier alpha value is -2.88. The van der Waals surface area contributed by atoms with E-state index in [9.17, 15) is 4.79 Å². The average molecular weight is 435 g/mol. The first-order valence-corrected chi connectivity index (χ1v) is 10.5. The SMILES string of the molecule is Cc1c(-c2cccc(Cl)c2)nc2ccccc2c1C(=O)NCCc1ccc(Cl)cc1. The maximum Gasteiger partial charge on any atom is 0.252 e. The highest BCUT2D eigenvalue weighted by atomic mass is 35.5. The molecule has 30 heavy (non-hydrogen) atoms. The van der Waals surface area contributed by atoms with E-state index >= 15 is 0 Å². The largest absolute Gasteiger partial charge is 0.352 e. The van der Waals surface area contributed by atoms with E-state index in [1.165, 1.54) is 0 Å². The highest BCUT2D eigenvalue weighted by molar-refractivity contribution is 6.31. The fourth-order valence-corrected chi connectivity index (χ4v) is 3.89. The van der Waals surface area contributed by atoms with Gasteiger partial charge in [0.1, 0.15) is 0 Å². The summed E-state index contributed by atoms with van der Waals surface area (Å²) >= 11 is 12.1. The summed E-state index contributed by atoms with van der Waals surface area (Å²) in [5.41, 5.74) is 5.03. The minimum Gasteiger partial charge on any atom is -0.352 e. The molecule has 0 aliphatic heterocycles. The number of pyridine rings is 1. The molecule has 0 unspecified atom stereocenters. The van der Waals surface area contributed by atoms with E-state index in [0.29, 0.717) is 22.2 Å². The van der Waals surface area contributed by atoms with Crippen LogP contribution in [0.25, 0.3) is 22.2 Å². The molecule has 0 aliphatic rings. The molecule has 1 amide bonds. The van der Waals surface area contributed by atoms with Gasteiger partial charge in [0, 0.05) is 27.5 Å². The lowest BCUT2D eigenvalue weighted by Crippen LogP contribution is -2.27. The third kappa shape index (κ3) is 4.33. The molecular weight excluding hydrogens is 415 g/mol. The number of aromatic nitrogens is 1. The van der Waals surface area contributed by atoms with Crippen LogP contribution in [-0.4, -0.2) is 17.4 Å². The van der Waals surface area contributed by atoms with Crippen molar-refractivity contribution in [3.63, 3.8) is 0 Å². The molecule has 3 nitrogen and oxygen atoms in total. The van der Waals surface area contributed by atoms with Gasteiger partial charge in [-0.3, -0.25) is 4.79 Å². The maximum absolute atomic E-state index is 13.2. The van der Waals surface area contributed by atoms with Crippen LogP contribution >= 0.6 is 23.2 Å². The third-order valence-electron chi connectivity index (χ3n) is 5.07. The number of amides is 1. The number of hydrogen-bond acceptors (Lipinski definition) is 2. The van der Waals surface area contributed by atoms with Gasteiger partial charge in [-0.2, -0.15) is 0 Å². The highest BCUT2D eigenvalue weighted by Gasteiger charge is 2.18. The highest BCUT2D eigenvalue weighted by Crippen LogP contribution is 2.30. The van der Waals surface area contributed by atoms with Gasteiger partial charge in [-0.1, -0.05) is 65.7 Å². The summed E-state index contributed by atoms with van der Waals surface area (Å²) in [4.78, 5) is 18.0. The van der Waals surface area contributed by atoms with Crippen LogP contribution < -0.4 is 5.32 Å². The Morgan fingerprint density at radius 3 is 2.47 bits per heavy atom. The van der Waals surface area contributed by atoms with Gasteiger partial charge in [0.15, 0.2) is 0 Å². The van der Waals surface area contributed by atoms with Crippen LogP contribution in [0.15, 0.2) is 72.8 Å². The fourth-order valence-electron chi connectivity index (χ4n) is 3.58. The zero-order valence-electron chi connectivity index (χ0n) is 16.5. The van der Waals surface area contributed by atoms with E-state index in [4.69, 9.17) is 28.2 Å². The lowest BCUT2D eigenvalue weighted by molar-refractivity contribution is 0.0955. The van der Waals surface area contributed by atoms with Gasteiger partial charge < -0.3 is 5.32 Å². The molecule has 150 valence electrons. The van der Waals surface area contributed by atoms with Crippen molar-refractivity contribution < 1.29 is 4.79 Å². The molecule has 0 atom stereocenters. The summed E-state index contributed by atoms with van der Waals surface area (Å²) in [7, 11) is 0. The molecule has 1 N–H and O–H groups in total. The third-order valence-corrected chi connectivity index (χ3v) is 5.56. The van der Waals surface area contributed by atoms with Gasteiger partial charge in [-0.05, 0) is 54.8 Å². The first-order chi connectivity index (χ1) is 14.5. The van der Waals surface area contributed by atoms with Crippen LogP contribution in [0.3, 0.4) is 0 Å². The van der Waals surface area contributed by atoms with Crippen LogP contribution in [0.5, 0.6) is 0 Å². The summed E-state index contributed by atoms with van der Waals surface area (Å²) in [5, 5.41) is 5.24. The van der Waals surface area contributed by atoms with Crippen molar-refractivity contribution in [1.29, 1.82) is 0 Å². The minimum absolute atomic E-state index is 0.108. The molecule has 1 heterocycles. The maximum atomic E-state index is 13.2. The van der Waals surface area contributed by atoms with Gasteiger partial charge in [0.2, 0.25) is 0 Å². The van der Waals surface area contributed by atoms with Gasteiger partial charge in [0.25, 0.3) is 5.91 Å². The number of para-hydroxylation sites is 1. The number of carbonyl (C=O) groups is 1. The topological polar surface area (TPSA) is 42.0 Å². The minimum atomic E-state index is -0.108. The fraction of sp³-hybridized carbons (Fsp3) is 0.120. The molecule has 0 spiro atoms. The average Bonchev–Trinajstić information content (AvgIpc) is 2.74. The summed E-state index contributed by atoms with van der Waals surface area (Å²) in [6, 6.07) is 22.9. The van der Waals surface area contributed by atoms with E-state index < -0.39 is 0 Å². The number of hydrogen-bond donors (Lipinski definition) is 1. The summed E-state index contributed by atoms with van der Waals surface area (Å²) in [6.07, 6.45) is 0.728. The van der Waals surface area contributed by atoms with E-state index in [2.05, 4.69) is 5.32 Å². The Morgan fingerprint density at radius 2 is 1.70 bits per heavy atom. The zero-order chi connectivity index (χ0) is 21.1. The van der Waals surface area contributed by atoms with E-state index in [1.807, 2.05) is 79.7 Å². The first-order valence-electron chi connectivity index (χ1n) is 9.71. The molecule has 5 heteroatoms. The molecule has 0 saturated heterocycles. The van der Waals surface area contributed by atoms with Crippen LogP contribution in [0.2, 0.25) is 10.0 Å². The smallest absolute Gasteiger partial charge is 0.252 e. The molecule has 0 saturated carbocycles. The van der Waals surface area contributed by atoms with Crippen molar-refractivity contribution in [2.75, 3.05) is 6.54 Å². The zero-order valence-corrected chi connectivity index (χ0v) is 18.0. The monoisotopic (exact) mass is 434 g/mol. The predicted molar refractivity (Wildman–Crippen MR) is 124 cm³/mol. The lowest BCUT2D eigenvalue weighted by Gasteiger charge is -2.15. The van der Waals surface area contributed by atoms with Crippen LogP contribution in [0, 0.1) is 6.92 Å². The molecule has 0 aliphatic carbocycles. The Labute approximate surface area is 185 Å². The standard InChI is InChI=1S/C25H20Cl2N2O/c1-16-23(25(30)28-14-13-17-9-11-19(26)12-10-17)21-7-2-3-8-22(21)29-24(16)18-5-4-6-20(27)15-18/h2-12,15H,13-14H2,1H3,(H,28,30). The van der Waals surface area contributed by atoms with Crippen LogP contribution in [0.4, 0.5) is 0 Å². The second kappa shape index (κ2) is 8.86. The molecule has 0 bridgehead atoms. The number of halogens is 2. The molecule has 3 aromatic carbocycles. The van der Waals surface area contributed by atoms with Crippen molar-refractivity contribution in [2.45, 2.75) is 13.3 Å². The van der Waals surface area contributed by atoms with Crippen molar-refractivity contribution in [2.24, 2.45) is 0 Å². The van der Waals surface area contributed by atoms with Crippen molar-refractivity contribution in [3.05, 3.63) is 99.5 Å². The summed E-state index contributed by atoms with van der Waals surface area (Å²) in [6.45, 7) is 2.47. The van der Waals surface area contributed by atoms with Gasteiger partial charge >= 0.3 is 0 Å². The molecule has 1 aromatic heterocycles. The van der Waals surface area contributed by atoms with E-state index in [0.717, 1.165) is 39.7 Å². The van der Waals surface area contributed by atoms with Gasteiger partial charge in [-0.25, -0.2) is 4.98 Å². The first kappa shape index (κ1) is 20.4. The number of fused-ring (bicyclic) bond motifs is 1. The Bertz CT molecular complexity index is 1220. The van der Waals surface area contributed by atoms with Crippen molar-refractivity contribution >= 4 is 40.0 Å². The van der Waals surface area contributed by atoms with Crippen LogP contribution in [0.1, 0.15) is 21.5 Å². The Kier molecular flexibility index (Phi) is 6.03. The number of rotatable bonds is 5. The predicted octanol–water partition coefficient (Wildman–Crippen LogP) is 6.49. The van der Waals surface area contributed by atoms with Gasteiger partial charge in [-0.15, -0.1) is 0 Å². The normalized spacial score (nSPS) is 10.9. The van der Waals surface area contributed by atoms with Crippen molar-refractivity contribution in [1.82, 2.24) is 10.3 Å². The van der Waals surface area contributed by atoms with Crippen LogP contribution in [-0.2, 0) is 6.42 Å². The molecule has 4 aromatic rings. The number of carbonyl (C=O) groups excluding carboxylic acids is 1. The number of nitrogens with zero attached hydrogens (tertiary/aromatic N) is 1. The van der Waals surface area contributed by atoms with E-state index in [1.54, 1.807) is 0 Å². The second-order valence-corrected chi connectivity index (χ2v) is 7.99. The summed E-state index contributed by atoms with van der Waals surface area (Å²) in [5.74, 6) is -0.108. The van der Waals surface area contributed by atoms with Gasteiger partial charge in [0.05, 0.1) is 16.8 Å². The molecule has 4 rings (SSSR count). The number of nitrogens with one attached hydrogen (secondary N) is 1.